The zero-order valence-corrected chi connectivity index (χ0v) is 15.0. The van der Waals surface area contributed by atoms with Crippen LogP contribution in [0, 0.1) is 6.92 Å². The molecule has 4 nitrogen and oxygen atoms in total. The minimum atomic E-state index is -0.146. The number of aryl methyl sites for hydroxylation is 1. The van der Waals surface area contributed by atoms with Gasteiger partial charge in [0.25, 0.3) is 5.56 Å². The molecule has 0 saturated heterocycles. The third kappa shape index (κ3) is 3.74. The van der Waals surface area contributed by atoms with Gasteiger partial charge in [0.05, 0.1) is 0 Å². The lowest BCUT2D eigenvalue weighted by Crippen LogP contribution is -2.24. The summed E-state index contributed by atoms with van der Waals surface area (Å²) in [7, 11) is 0. The third-order valence-electron chi connectivity index (χ3n) is 3.81. The van der Waals surface area contributed by atoms with Crippen LogP contribution in [0.1, 0.15) is 11.1 Å². The van der Waals surface area contributed by atoms with E-state index in [0.29, 0.717) is 12.4 Å². The summed E-state index contributed by atoms with van der Waals surface area (Å²) in [4.78, 5) is 16.8. The van der Waals surface area contributed by atoms with Crippen LogP contribution >= 0.6 is 15.9 Å². The van der Waals surface area contributed by atoms with Crippen molar-refractivity contribution in [3.8, 4) is 5.69 Å². The average Bonchev–Trinajstić information content (AvgIpc) is 2.60. The van der Waals surface area contributed by atoms with Crippen molar-refractivity contribution in [2.75, 3.05) is 11.9 Å². The van der Waals surface area contributed by atoms with Gasteiger partial charge in [0.1, 0.15) is 0 Å². The SMILES string of the molecule is Cc1cc(-n2ccnc(NCCc3ccccc3)c2=O)ccc1Br. The largest absolute Gasteiger partial charge is 0.365 e. The van der Waals surface area contributed by atoms with Gasteiger partial charge >= 0.3 is 0 Å². The van der Waals surface area contributed by atoms with Gasteiger partial charge in [-0.05, 0) is 42.7 Å². The molecule has 0 unspecified atom stereocenters. The maximum Gasteiger partial charge on any atom is 0.297 e. The van der Waals surface area contributed by atoms with Gasteiger partial charge in [-0.3, -0.25) is 9.36 Å². The van der Waals surface area contributed by atoms with Gasteiger partial charge in [-0.25, -0.2) is 4.98 Å². The fraction of sp³-hybridized carbons (Fsp3) is 0.158. The number of hydrogen-bond acceptors (Lipinski definition) is 3. The zero-order valence-electron chi connectivity index (χ0n) is 13.4. The van der Waals surface area contributed by atoms with Gasteiger partial charge in [-0.15, -0.1) is 0 Å². The van der Waals surface area contributed by atoms with Crippen LogP contribution in [0.4, 0.5) is 5.82 Å². The van der Waals surface area contributed by atoms with E-state index in [1.807, 2.05) is 43.3 Å². The molecule has 0 aliphatic rings. The van der Waals surface area contributed by atoms with E-state index in [4.69, 9.17) is 0 Å². The Balaban J connectivity index is 1.78. The highest BCUT2D eigenvalue weighted by molar-refractivity contribution is 9.10. The standard InChI is InChI=1S/C19H18BrN3O/c1-14-13-16(7-8-17(14)20)23-12-11-22-18(19(23)24)21-10-9-15-5-3-2-4-6-15/h2-8,11-13H,9-10H2,1H3,(H,21,22). The van der Waals surface area contributed by atoms with Crippen LogP contribution in [-0.2, 0) is 6.42 Å². The van der Waals surface area contributed by atoms with Crippen molar-refractivity contribution in [3.05, 3.63) is 86.9 Å². The first-order valence-electron chi connectivity index (χ1n) is 7.77. The fourth-order valence-electron chi connectivity index (χ4n) is 2.48. The van der Waals surface area contributed by atoms with Crippen LogP contribution in [0.15, 0.2) is 70.2 Å². The Morgan fingerprint density at radius 3 is 2.71 bits per heavy atom. The molecule has 0 aliphatic heterocycles. The molecule has 24 heavy (non-hydrogen) atoms. The van der Waals surface area contributed by atoms with Crippen LogP contribution in [0.2, 0.25) is 0 Å². The Bertz CT molecular complexity index is 891. The number of halogens is 1. The molecule has 1 aromatic heterocycles. The van der Waals surface area contributed by atoms with Crippen LogP contribution in [0.25, 0.3) is 5.69 Å². The quantitative estimate of drug-likeness (QED) is 0.725. The Morgan fingerprint density at radius 2 is 1.96 bits per heavy atom. The van der Waals surface area contributed by atoms with Gasteiger partial charge in [-0.2, -0.15) is 0 Å². The summed E-state index contributed by atoms with van der Waals surface area (Å²) >= 11 is 3.48. The molecule has 122 valence electrons. The minimum Gasteiger partial charge on any atom is -0.365 e. The van der Waals surface area contributed by atoms with E-state index in [-0.39, 0.29) is 5.56 Å². The Kier molecular flexibility index (Phi) is 5.11. The highest BCUT2D eigenvalue weighted by Crippen LogP contribution is 2.18. The van der Waals surface area contributed by atoms with Crippen LogP contribution in [0.3, 0.4) is 0 Å². The van der Waals surface area contributed by atoms with Crippen molar-refractivity contribution in [3.63, 3.8) is 0 Å². The number of rotatable bonds is 5. The average molecular weight is 384 g/mol. The second-order valence-corrected chi connectivity index (χ2v) is 6.40. The van der Waals surface area contributed by atoms with Crippen molar-refractivity contribution < 1.29 is 0 Å². The van der Waals surface area contributed by atoms with E-state index in [1.165, 1.54) is 5.56 Å². The van der Waals surface area contributed by atoms with Crippen molar-refractivity contribution in [2.45, 2.75) is 13.3 Å². The third-order valence-corrected chi connectivity index (χ3v) is 4.70. The van der Waals surface area contributed by atoms with E-state index < -0.39 is 0 Å². The molecule has 0 spiro atoms. The summed E-state index contributed by atoms with van der Waals surface area (Å²) < 4.78 is 2.63. The fourth-order valence-corrected chi connectivity index (χ4v) is 2.73. The Labute approximate surface area is 149 Å². The molecule has 0 amide bonds. The maximum absolute atomic E-state index is 12.6. The molecule has 0 radical (unpaired) electrons. The lowest BCUT2D eigenvalue weighted by atomic mass is 10.1. The van der Waals surface area contributed by atoms with Crippen LogP contribution in [-0.4, -0.2) is 16.1 Å². The highest BCUT2D eigenvalue weighted by Gasteiger charge is 2.07. The minimum absolute atomic E-state index is 0.146. The molecule has 0 aliphatic carbocycles. The molecule has 0 saturated carbocycles. The van der Waals surface area contributed by atoms with Crippen LogP contribution in [0.5, 0.6) is 0 Å². The second kappa shape index (κ2) is 7.45. The number of nitrogens with one attached hydrogen (secondary N) is 1. The van der Waals surface area contributed by atoms with Crippen molar-refractivity contribution in [1.29, 1.82) is 0 Å². The topological polar surface area (TPSA) is 46.9 Å². The van der Waals surface area contributed by atoms with Gasteiger partial charge in [0, 0.05) is 29.1 Å². The smallest absolute Gasteiger partial charge is 0.297 e. The van der Waals surface area contributed by atoms with Crippen molar-refractivity contribution in [2.24, 2.45) is 0 Å². The lowest BCUT2D eigenvalue weighted by Gasteiger charge is -2.10. The first-order chi connectivity index (χ1) is 11.6. The first-order valence-corrected chi connectivity index (χ1v) is 8.56. The molecule has 5 heteroatoms. The molecule has 2 aromatic carbocycles. The molecular formula is C19H18BrN3O. The summed E-state index contributed by atoms with van der Waals surface area (Å²) in [5.41, 5.74) is 2.99. The Morgan fingerprint density at radius 1 is 1.17 bits per heavy atom. The predicted molar refractivity (Wildman–Crippen MR) is 101 cm³/mol. The normalized spacial score (nSPS) is 10.6. The van der Waals surface area contributed by atoms with Crippen molar-refractivity contribution >= 4 is 21.7 Å². The summed E-state index contributed by atoms with van der Waals surface area (Å²) in [6.45, 7) is 2.66. The van der Waals surface area contributed by atoms with Gasteiger partial charge < -0.3 is 5.32 Å². The number of anilines is 1. The number of nitrogens with zero attached hydrogens (tertiary/aromatic N) is 2. The molecule has 3 aromatic rings. The van der Waals surface area contributed by atoms with Gasteiger partial charge in [0.15, 0.2) is 5.82 Å². The monoisotopic (exact) mass is 383 g/mol. The summed E-state index contributed by atoms with van der Waals surface area (Å²) in [6.07, 6.45) is 4.17. The zero-order chi connectivity index (χ0) is 16.9. The maximum atomic E-state index is 12.6. The van der Waals surface area contributed by atoms with Crippen LogP contribution < -0.4 is 10.9 Å². The van der Waals surface area contributed by atoms with Crippen molar-refractivity contribution in [1.82, 2.24) is 9.55 Å². The molecule has 0 bridgehead atoms. The van der Waals surface area contributed by atoms with Gasteiger partial charge in [0.2, 0.25) is 0 Å². The highest BCUT2D eigenvalue weighted by atomic mass is 79.9. The van der Waals surface area contributed by atoms with E-state index in [2.05, 4.69) is 38.4 Å². The first kappa shape index (κ1) is 16.5. The summed E-state index contributed by atoms with van der Waals surface area (Å²) in [5.74, 6) is 0.369. The van der Waals surface area contributed by atoms with E-state index in [9.17, 15) is 4.79 Å². The predicted octanol–water partition coefficient (Wildman–Crippen LogP) is 3.96. The molecule has 1 heterocycles. The number of hydrogen-bond donors (Lipinski definition) is 1. The molecular weight excluding hydrogens is 366 g/mol. The number of aromatic nitrogens is 2. The lowest BCUT2D eigenvalue weighted by molar-refractivity contribution is 0.930. The Hall–Kier alpha value is -2.40. The summed E-state index contributed by atoms with van der Waals surface area (Å²) in [6, 6.07) is 16.0. The molecule has 3 rings (SSSR count). The van der Waals surface area contributed by atoms with E-state index >= 15 is 0 Å². The van der Waals surface area contributed by atoms with E-state index in [1.54, 1.807) is 17.0 Å². The summed E-state index contributed by atoms with van der Waals surface area (Å²) in [5, 5.41) is 3.14. The van der Waals surface area contributed by atoms with Gasteiger partial charge in [-0.1, -0.05) is 46.3 Å². The second-order valence-electron chi connectivity index (χ2n) is 5.55. The molecule has 0 fully saturated rings. The number of benzene rings is 2. The van der Waals surface area contributed by atoms with E-state index in [0.717, 1.165) is 22.1 Å². The molecule has 0 atom stereocenters. The molecule has 1 N–H and O–H groups in total.